The molecule has 2 heterocycles. The Kier molecular flexibility index (Phi) is 5.45. The van der Waals surface area contributed by atoms with Crippen LogP contribution in [0.25, 0.3) is 5.69 Å². The van der Waals surface area contributed by atoms with Crippen LogP contribution in [0.15, 0.2) is 30.5 Å². The Morgan fingerprint density at radius 2 is 2.04 bits per heavy atom. The summed E-state index contributed by atoms with van der Waals surface area (Å²) in [6, 6.07) is 7.89. The van der Waals surface area contributed by atoms with Gasteiger partial charge >= 0.3 is 0 Å². The predicted molar refractivity (Wildman–Crippen MR) is 101 cm³/mol. The van der Waals surface area contributed by atoms with Crippen molar-refractivity contribution in [2.75, 3.05) is 20.1 Å². The largest absolute Gasteiger partial charge is 0.337 e. The molecular weight excluding hydrogens is 336 g/mol. The molecule has 6 heteroatoms. The third kappa shape index (κ3) is 3.72. The summed E-state index contributed by atoms with van der Waals surface area (Å²) < 4.78 is 1.85. The number of carbonyl (C=O) groups excluding carboxylic acids is 1. The van der Waals surface area contributed by atoms with E-state index in [1.807, 2.05) is 40.9 Å². The van der Waals surface area contributed by atoms with E-state index in [1.54, 1.807) is 6.20 Å². The molecule has 5 nitrogen and oxygen atoms in total. The number of likely N-dealkylation sites (N-methyl/N-ethyl adjacent to an activating group) is 1. The average Bonchev–Trinajstić information content (AvgIpc) is 3.07. The molecule has 0 bridgehead atoms. The second-order valence-corrected chi connectivity index (χ2v) is 7.30. The summed E-state index contributed by atoms with van der Waals surface area (Å²) in [4.78, 5) is 15.1. The normalized spacial score (nSPS) is 18.0. The van der Waals surface area contributed by atoms with Crippen molar-refractivity contribution < 1.29 is 4.79 Å². The lowest BCUT2D eigenvalue weighted by atomic mass is 10.0. The molecule has 1 aromatic heterocycles. The molecule has 0 spiro atoms. The van der Waals surface area contributed by atoms with Gasteiger partial charge in [0.05, 0.1) is 23.1 Å². The molecule has 1 unspecified atom stereocenters. The first kappa shape index (κ1) is 18.0. The highest BCUT2D eigenvalue weighted by atomic mass is 35.5. The minimum atomic E-state index is 0.0730. The zero-order chi connectivity index (χ0) is 18.0. The van der Waals surface area contributed by atoms with Crippen LogP contribution >= 0.6 is 11.6 Å². The van der Waals surface area contributed by atoms with E-state index >= 15 is 0 Å². The smallest absolute Gasteiger partial charge is 0.257 e. The predicted octanol–water partition coefficient (Wildman–Crippen LogP) is 3.47. The van der Waals surface area contributed by atoms with Crippen LogP contribution in [0, 0.1) is 0 Å². The molecule has 0 saturated carbocycles. The lowest BCUT2D eigenvalue weighted by Gasteiger charge is -2.32. The van der Waals surface area contributed by atoms with Gasteiger partial charge in [0.2, 0.25) is 0 Å². The van der Waals surface area contributed by atoms with Gasteiger partial charge in [0, 0.05) is 24.2 Å². The third-order valence-electron chi connectivity index (χ3n) is 4.77. The van der Waals surface area contributed by atoms with E-state index in [-0.39, 0.29) is 11.8 Å². The Bertz CT molecular complexity index is 738. The van der Waals surface area contributed by atoms with Crippen LogP contribution in [0.1, 0.15) is 48.7 Å². The van der Waals surface area contributed by atoms with E-state index in [0.717, 1.165) is 37.3 Å². The highest BCUT2D eigenvalue weighted by Gasteiger charge is 2.28. The van der Waals surface area contributed by atoms with Gasteiger partial charge in [-0.05, 0) is 50.1 Å². The first-order chi connectivity index (χ1) is 12.0. The van der Waals surface area contributed by atoms with Gasteiger partial charge in [0.25, 0.3) is 5.91 Å². The molecule has 1 saturated heterocycles. The Hall–Kier alpha value is -1.85. The van der Waals surface area contributed by atoms with E-state index in [1.165, 1.54) is 0 Å². The van der Waals surface area contributed by atoms with Crippen LogP contribution in [0.2, 0.25) is 5.02 Å². The molecule has 134 valence electrons. The van der Waals surface area contributed by atoms with Crippen molar-refractivity contribution in [3.63, 3.8) is 0 Å². The number of piperidine rings is 1. The molecule has 2 aromatic rings. The zero-order valence-electron chi connectivity index (χ0n) is 15.0. The Balaban J connectivity index is 1.94. The van der Waals surface area contributed by atoms with Crippen molar-refractivity contribution in [1.29, 1.82) is 0 Å². The van der Waals surface area contributed by atoms with Gasteiger partial charge in [-0.1, -0.05) is 25.4 Å². The average molecular weight is 361 g/mol. The number of likely N-dealkylation sites (tertiary alicyclic amines) is 1. The van der Waals surface area contributed by atoms with Gasteiger partial charge < -0.3 is 10.2 Å². The van der Waals surface area contributed by atoms with Gasteiger partial charge in [-0.15, -0.1) is 0 Å². The van der Waals surface area contributed by atoms with Gasteiger partial charge in [0.1, 0.15) is 0 Å². The van der Waals surface area contributed by atoms with Gasteiger partial charge in [-0.2, -0.15) is 5.10 Å². The summed E-state index contributed by atoms with van der Waals surface area (Å²) >= 11 is 5.99. The summed E-state index contributed by atoms with van der Waals surface area (Å²) in [7, 11) is 1.96. The topological polar surface area (TPSA) is 50.2 Å². The molecule has 1 aromatic carbocycles. The van der Waals surface area contributed by atoms with Crippen LogP contribution in [-0.4, -0.2) is 46.8 Å². The molecule has 3 rings (SSSR count). The fraction of sp³-hybridized carbons (Fsp3) is 0.474. The minimum absolute atomic E-state index is 0.0730. The first-order valence-corrected chi connectivity index (χ1v) is 9.19. The lowest BCUT2D eigenvalue weighted by Crippen LogP contribution is -2.47. The van der Waals surface area contributed by atoms with Crippen molar-refractivity contribution in [2.24, 2.45) is 0 Å². The monoisotopic (exact) mass is 360 g/mol. The molecule has 1 aliphatic heterocycles. The van der Waals surface area contributed by atoms with Crippen LogP contribution < -0.4 is 5.32 Å². The summed E-state index contributed by atoms with van der Waals surface area (Å²) in [6.45, 7) is 5.74. The standard InChI is InChI=1S/C19H25ClN4O/c1-13(2)18-17(19(25)23-10-4-5-15(12-23)21-3)11-22-24(18)16-8-6-14(20)7-9-16/h6-9,11,13,15,21H,4-5,10,12H2,1-3H3. The van der Waals surface area contributed by atoms with Crippen LogP contribution in [0.5, 0.6) is 0 Å². The Morgan fingerprint density at radius 1 is 1.32 bits per heavy atom. The molecule has 1 aliphatic rings. The second kappa shape index (κ2) is 7.58. The summed E-state index contributed by atoms with van der Waals surface area (Å²) in [6.07, 6.45) is 3.84. The lowest BCUT2D eigenvalue weighted by molar-refractivity contribution is 0.0696. The second-order valence-electron chi connectivity index (χ2n) is 6.87. The first-order valence-electron chi connectivity index (χ1n) is 8.81. The maximum Gasteiger partial charge on any atom is 0.257 e. The Morgan fingerprint density at radius 3 is 2.68 bits per heavy atom. The van der Waals surface area contributed by atoms with Crippen molar-refractivity contribution in [3.8, 4) is 5.69 Å². The molecule has 1 atom stereocenters. The highest BCUT2D eigenvalue weighted by Crippen LogP contribution is 2.26. The van der Waals surface area contributed by atoms with E-state index in [4.69, 9.17) is 11.6 Å². The number of carbonyl (C=O) groups is 1. The SMILES string of the molecule is CNC1CCCN(C(=O)c2cnn(-c3ccc(Cl)cc3)c2C(C)C)C1. The van der Waals surface area contributed by atoms with Gasteiger partial charge in [-0.25, -0.2) is 4.68 Å². The van der Waals surface area contributed by atoms with Crippen LogP contribution in [0.3, 0.4) is 0 Å². The maximum absolute atomic E-state index is 13.1. The number of hydrogen-bond donors (Lipinski definition) is 1. The summed E-state index contributed by atoms with van der Waals surface area (Å²) in [5.74, 6) is 0.255. The van der Waals surface area contributed by atoms with Crippen LogP contribution in [0.4, 0.5) is 0 Å². The zero-order valence-corrected chi connectivity index (χ0v) is 15.8. The number of nitrogens with zero attached hydrogens (tertiary/aromatic N) is 3. The minimum Gasteiger partial charge on any atom is -0.337 e. The maximum atomic E-state index is 13.1. The number of benzene rings is 1. The number of nitrogens with one attached hydrogen (secondary N) is 1. The molecule has 0 aliphatic carbocycles. The Labute approximate surface area is 154 Å². The number of rotatable bonds is 4. The van der Waals surface area contributed by atoms with E-state index < -0.39 is 0 Å². The van der Waals surface area contributed by atoms with E-state index in [9.17, 15) is 4.79 Å². The quantitative estimate of drug-likeness (QED) is 0.908. The van der Waals surface area contributed by atoms with E-state index in [0.29, 0.717) is 16.6 Å². The molecule has 25 heavy (non-hydrogen) atoms. The van der Waals surface area contributed by atoms with Crippen molar-refractivity contribution in [2.45, 2.75) is 38.6 Å². The van der Waals surface area contributed by atoms with E-state index in [2.05, 4.69) is 24.3 Å². The van der Waals surface area contributed by atoms with Crippen molar-refractivity contribution in [1.82, 2.24) is 20.0 Å². The number of halogens is 1. The number of hydrogen-bond acceptors (Lipinski definition) is 3. The van der Waals surface area contributed by atoms with Gasteiger partial charge in [-0.3, -0.25) is 4.79 Å². The van der Waals surface area contributed by atoms with Gasteiger partial charge in [0.15, 0.2) is 0 Å². The fourth-order valence-electron chi connectivity index (χ4n) is 3.43. The molecule has 1 amide bonds. The molecule has 1 fully saturated rings. The number of amides is 1. The molecular formula is C19H25ClN4O. The fourth-order valence-corrected chi connectivity index (χ4v) is 3.56. The van der Waals surface area contributed by atoms with Crippen molar-refractivity contribution in [3.05, 3.63) is 46.7 Å². The number of aromatic nitrogens is 2. The highest BCUT2D eigenvalue weighted by molar-refractivity contribution is 6.30. The molecule has 1 N–H and O–H groups in total. The van der Waals surface area contributed by atoms with Crippen molar-refractivity contribution >= 4 is 17.5 Å². The van der Waals surface area contributed by atoms with Crippen LogP contribution in [-0.2, 0) is 0 Å². The molecule has 0 radical (unpaired) electrons. The third-order valence-corrected chi connectivity index (χ3v) is 5.02. The summed E-state index contributed by atoms with van der Waals surface area (Å²) in [5.41, 5.74) is 2.56. The summed E-state index contributed by atoms with van der Waals surface area (Å²) in [5, 5.41) is 8.47.